The summed E-state index contributed by atoms with van der Waals surface area (Å²) in [5.74, 6) is 0.580. The smallest absolute Gasteiger partial charge is 0.00459 e. The normalized spacial score (nSPS) is 13.8. The molecular weight excluding hydrogens is 150 g/mol. The van der Waals surface area contributed by atoms with Crippen molar-refractivity contribution >= 4 is 0 Å². The first-order valence-corrected chi connectivity index (χ1v) is 4.62. The maximum atomic E-state index is 5.59. The van der Waals surface area contributed by atoms with Crippen LogP contribution in [0.5, 0.6) is 0 Å². The van der Waals surface area contributed by atoms with Crippen molar-refractivity contribution < 1.29 is 0 Å². The van der Waals surface area contributed by atoms with Gasteiger partial charge in [0.2, 0.25) is 0 Å². The maximum absolute atomic E-state index is 5.59. The van der Waals surface area contributed by atoms with Crippen molar-refractivity contribution in [3.63, 3.8) is 0 Å². The Morgan fingerprint density at radius 3 is 2.42 bits per heavy atom. The summed E-state index contributed by atoms with van der Waals surface area (Å²) in [5.41, 5.74) is 16.2. The molecule has 0 saturated heterocycles. The first-order valence-electron chi connectivity index (χ1n) is 4.62. The summed E-state index contributed by atoms with van der Waals surface area (Å²) in [5, 5.41) is 0. The van der Waals surface area contributed by atoms with Crippen LogP contribution >= 0.6 is 0 Å². The van der Waals surface area contributed by atoms with Crippen molar-refractivity contribution in [2.24, 2.45) is 23.1 Å². The lowest BCUT2D eigenvalue weighted by molar-refractivity contribution is 0.475. The molecule has 1 unspecified atom stereocenters. The van der Waals surface area contributed by atoms with Gasteiger partial charge in [0.25, 0.3) is 0 Å². The van der Waals surface area contributed by atoms with Gasteiger partial charge in [-0.1, -0.05) is 12.5 Å². The lowest BCUT2D eigenvalue weighted by Crippen LogP contribution is -2.14. The van der Waals surface area contributed by atoms with E-state index in [0.717, 1.165) is 32.4 Å². The Hall–Kier alpha value is -0.540. The molecule has 72 valence electrons. The van der Waals surface area contributed by atoms with Crippen LogP contribution in [0.1, 0.15) is 25.7 Å². The van der Waals surface area contributed by atoms with E-state index in [9.17, 15) is 0 Å². The highest BCUT2D eigenvalue weighted by molar-refractivity contribution is 4.79. The second-order valence-corrected chi connectivity index (χ2v) is 3.05. The summed E-state index contributed by atoms with van der Waals surface area (Å²) in [6.07, 6.45) is 8.00. The number of rotatable bonds is 7. The zero-order chi connectivity index (χ0) is 9.23. The number of hydrogen-bond acceptors (Lipinski definition) is 3. The summed E-state index contributed by atoms with van der Waals surface area (Å²) in [6.45, 7) is 1.53. The predicted octanol–water partition coefficient (Wildman–Crippen LogP) is 0.553. The first kappa shape index (κ1) is 11.5. The van der Waals surface area contributed by atoms with Crippen LogP contribution in [0.15, 0.2) is 12.3 Å². The largest absolute Gasteiger partial charge is 0.405 e. The Morgan fingerprint density at radius 2 is 1.92 bits per heavy atom. The number of allylic oxidation sites excluding steroid dienone is 1. The monoisotopic (exact) mass is 171 g/mol. The molecule has 3 nitrogen and oxygen atoms in total. The van der Waals surface area contributed by atoms with E-state index in [1.165, 1.54) is 6.42 Å². The van der Waals surface area contributed by atoms with Gasteiger partial charge >= 0.3 is 0 Å². The lowest BCUT2D eigenvalue weighted by atomic mass is 9.98. The summed E-state index contributed by atoms with van der Waals surface area (Å²) >= 11 is 0. The number of hydrogen-bond donors (Lipinski definition) is 3. The van der Waals surface area contributed by atoms with Crippen LogP contribution in [0, 0.1) is 5.92 Å². The second-order valence-electron chi connectivity index (χ2n) is 3.05. The minimum Gasteiger partial charge on any atom is -0.405 e. The van der Waals surface area contributed by atoms with Gasteiger partial charge in [0.05, 0.1) is 0 Å². The van der Waals surface area contributed by atoms with Crippen LogP contribution in [-0.4, -0.2) is 13.1 Å². The van der Waals surface area contributed by atoms with Crippen molar-refractivity contribution in [3.05, 3.63) is 12.3 Å². The lowest BCUT2D eigenvalue weighted by Gasteiger charge is -2.11. The Kier molecular flexibility index (Phi) is 8.17. The van der Waals surface area contributed by atoms with Crippen LogP contribution < -0.4 is 17.2 Å². The molecule has 0 amide bonds. The Balaban J connectivity index is 3.39. The quantitative estimate of drug-likeness (QED) is 0.490. The molecule has 0 aromatic carbocycles. The summed E-state index contributed by atoms with van der Waals surface area (Å²) in [6, 6.07) is 0. The highest BCUT2D eigenvalue weighted by Gasteiger charge is 2.02. The van der Waals surface area contributed by atoms with Crippen LogP contribution in [0.2, 0.25) is 0 Å². The van der Waals surface area contributed by atoms with Crippen molar-refractivity contribution in [1.82, 2.24) is 0 Å². The Morgan fingerprint density at radius 1 is 1.17 bits per heavy atom. The minimum atomic E-state index is 0.580. The van der Waals surface area contributed by atoms with Gasteiger partial charge < -0.3 is 17.2 Å². The molecule has 0 bridgehead atoms. The summed E-state index contributed by atoms with van der Waals surface area (Å²) < 4.78 is 0. The Labute approximate surface area is 75.0 Å². The number of nitrogens with two attached hydrogens (primary N) is 3. The summed E-state index contributed by atoms with van der Waals surface area (Å²) in [4.78, 5) is 0. The number of unbranched alkanes of at least 4 members (excludes halogenated alkanes) is 1. The van der Waals surface area contributed by atoms with E-state index >= 15 is 0 Å². The van der Waals surface area contributed by atoms with E-state index in [2.05, 4.69) is 0 Å². The fourth-order valence-corrected chi connectivity index (χ4v) is 1.18. The molecule has 0 radical (unpaired) electrons. The zero-order valence-electron chi connectivity index (χ0n) is 7.71. The molecule has 1 atom stereocenters. The highest BCUT2D eigenvalue weighted by atomic mass is 14.5. The van der Waals surface area contributed by atoms with E-state index in [4.69, 9.17) is 17.2 Å². The zero-order valence-corrected chi connectivity index (χ0v) is 7.71. The second kappa shape index (κ2) is 8.56. The van der Waals surface area contributed by atoms with Crippen molar-refractivity contribution in [2.45, 2.75) is 25.7 Å². The van der Waals surface area contributed by atoms with E-state index in [0.29, 0.717) is 5.92 Å². The van der Waals surface area contributed by atoms with Gasteiger partial charge in [-0.25, -0.2) is 0 Å². The third-order valence-electron chi connectivity index (χ3n) is 2.01. The SMILES string of the molecule is N/C=C/CC(CN)CCCCN. The maximum Gasteiger partial charge on any atom is -0.00459 e. The van der Waals surface area contributed by atoms with Gasteiger partial charge in [-0.15, -0.1) is 0 Å². The van der Waals surface area contributed by atoms with Gasteiger partial charge in [0.15, 0.2) is 0 Å². The fraction of sp³-hybridized carbons (Fsp3) is 0.778. The van der Waals surface area contributed by atoms with Crippen LogP contribution in [0.3, 0.4) is 0 Å². The van der Waals surface area contributed by atoms with Crippen LogP contribution in [0.4, 0.5) is 0 Å². The first-order chi connectivity index (χ1) is 5.85. The van der Waals surface area contributed by atoms with Crippen LogP contribution in [-0.2, 0) is 0 Å². The molecule has 0 aliphatic heterocycles. The van der Waals surface area contributed by atoms with Gasteiger partial charge in [-0.3, -0.25) is 0 Å². The third kappa shape index (κ3) is 6.19. The molecule has 0 aliphatic rings. The highest BCUT2D eigenvalue weighted by Crippen LogP contribution is 2.11. The topological polar surface area (TPSA) is 78.1 Å². The van der Waals surface area contributed by atoms with Crippen LogP contribution in [0.25, 0.3) is 0 Å². The molecule has 0 aromatic heterocycles. The molecule has 3 heteroatoms. The van der Waals surface area contributed by atoms with E-state index in [1.807, 2.05) is 6.08 Å². The minimum absolute atomic E-state index is 0.580. The fourth-order valence-electron chi connectivity index (χ4n) is 1.18. The molecule has 0 fully saturated rings. The van der Waals surface area contributed by atoms with E-state index in [-0.39, 0.29) is 0 Å². The Bertz CT molecular complexity index is 112. The van der Waals surface area contributed by atoms with Crippen molar-refractivity contribution in [1.29, 1.82) is 0 Å². The standard InChI is InChI=1S/C9H21N3/c10-6-2-1-4-9(8-12)5-3-7-11/h3,7,9H,1-2,4-6,8,10-12H2/b7-3+. The summed E-state index contributed by atoms with van der Waals surface area (Å²) in [7, 11) is 0. The van der Waals surface area contributed by atoms with Gasteiger partial charge in [-0.05, 0) is 44.5 Å². The van der Waals surface area contributed by atoms with Crippen molar-refractivity contribution in [2.75, 3.05) is 13.1 Å². The average molecular weight is 171 g/mol. The van der Waals surface area contributed by atoms with Gasteiger partial charge in [0.1, 0.15) is 0 Å². The molecule has 0 aromatic rings. The van der Waals surface area contributed by atoms with Gasteiger partial charge in [0, 0.05) is 0 Å². The molecule has 0 spiro atoms. The van der Waals surface area contributed by atoms with Crippen molar-refractivity contribution in [3.8, 4) is 0 Å². The van der Waals surface area contributed by atoms with E-state index < -0.39 is 0 Å². The molecule has 12 heavy (non-hydrogen) atoms. The molecule has 0 aliphatic carbocycles. The van der Waals surface area contributed by atoms with E-state index in [1.54, 1.807) is 6.20 Å². The van der Waals surface area contributed by atoms with Gasteiger partial charge in [-0.2, -0.15) is 0 Å². The molecule has 0 saturated carbocycles. The molecular formula is C9H21N3. The predicted molar refractivity (Wildman–Crippen MR) is 53.4 cm³/mol. The third-order valence-corrected chi connectivity index (χ3v) is 2.01. The molecule has 6 N–H and O–H groups in total. The average Bonchev–Trinajstić information content (AvgIpc) is 2.11. The molecule has 0 heterocycles. The molecule has 0 rings (SSSR count).